The van der Waals surface area contributed by atoms with E-state index in [0.29, 0.717) is 24.1 Å². The molecule has 4 rings (SSSR count). The Labute approximate surface area is 212 Å². The molecule has 0 saturated heterocycles. The van der Waals surface area contributed by atoms with E-state index in [9.17, 15) is 17.6 Å². The van der Waals surface area contributed by atoms with Gasteiger partial charge < -0.3 is 31.9 Å². The van der Waals surface area contributed by atoms with Crippen molar-refractivity contribution in [2.75, 3.05) is 42.7 Å². The number of amides is 2. The predicted molar refractivity (Wildman–Crippen MR) is 136 cm³/mol. The third kappa shape index (κ3) is 5.48. The number of hydrogen-bond acceptors (Lipinski definition) is 9. The molecule has 1 saturated carbocycles. The Balaban J connectivity index is 1.61. The molecule has 3 aromatic rings. The van der Waals surface area contributed by atoms with Crippen LogP contribution in [-0.4, -0.2) is 60.9 Å². The van der Waals surface area contributed by atoms with E-state index in [2.05, 4.69) is 25.9 Å². The molecule has 0 bridgehead atoms. The number of anilines is 3. The minimum atomic E-state index is -4.02. The van der Waals surface area contributed by atoms with Crippen LogP contribution in [-0.2, 0) is 14.6 Å². The highest BCUT2D eigenvalue weighted by Crippen LogP contribution is 2.55. The highest BCUT2D eigenvalue weighted by Gasteiger charge is 2.58. The molecule has 2 aromatic carbocycles. The van der Waals surface area contributed by atoms with Crippen molar-refractivity contribution in [1.82, 2.24) is 15.3 Å². The van der Waals surface area contributed by atoms with Gasteiger partial charge >= 0.3 is 6.03 Å². The third-order valence-electron chi connectivity index (χ3n) is 5.91. The molecule has 7 N–H and O–H groups in total. The summed E-state index contributed by atoms with van der Waals surface area (Å²) in [4.78, 5) is 20.3. The van der Waals surface area contributed by atoms with Gasteiger partial charge in [0.15, 0.2) is 15.7 Å². The number of nitrogens with zero attached hydrogens (tertiary/aromatic N) is 2. The van der Waals surface area contributed by atoms with Gasteiger partial charge in [-0.3, -0.25) is 0 Å². The van der Waals surface area contributed by atoms with Crippen LogP contribution < -0.4 is 21.7 Å². The number of urea groups is 1. The molecule has 1 heterocycles. The number of rotatable bonds is 10. The van der Waals surface area contributed by atoms with E-state index in [1.54, 1.807) is 24.3 Å². The average Bonchev–Trinajstić information content (AvgIpc) is 3.70. The van der Waals surface area contributed by atoms with Crippen molar-refractivity contribution >= 4 is 33.1 Å². The van der Waals surface area contributed by atoms with Crippen molar-refractivity contribution in [3.05, 3.63) is 60.0 Å². The lowest BCUT2D eigenvalue weighted by atomic mass is 10.1. The molecule has 1 fully saturated rings. The van der Waals surface area contributed by atoms with Crippen LogP contribution in [0.2, 0.25) is 0 Å². The quantitative estimate of drug-likeness (QED) is 0.228. The Morgan fingerprint density at radius 1 is 1.03 bits per heavy atom. The van der Waals surface area contributed by atoms with Crippen LogP contribution in [0.1, 0.15) is 18.5 Å². The van der Waals surface area contributed by atoms with Gasteiger partial charge in [-0.2, -0.15) is 0 Å². The van der Waals surface area contributed by atoms with Gasteiger partial charge in [-0.05, 0) is 55.3 Å². The number of carbonyl (C=O) groups is 1. The van der Waals surface area contributed by atoms with E-state index in [-0.39, 0.29) is 54.2 Å². The number of aliphatic hydroxyl groups excluding tert-OH is 2. The van der Waals surface area contributed by atoms with Crippen molar-refractivity contribution in [3.63, 3.8) is 0 Å². The number of nitrogen functional groups attached to an aromatic ring is 1. The molecule has 1 aliphatic carbocycles. The van der Waals surface area contributed by atoms with Crippen LogP contribution in [0.4, 0.5) is 26.4 Å². The topological polar surface area (TPSA) is 180 Å². The van der Waals surface area contributed by atoms with Crippen LogP contribution in [0.3, 0.4) is 0 Å². The molecule has 0 aliphatic heterocycles. The number of nitrogens with one attached hydrogen (secondary N) is 3. The number of nitrogens with two attached hydrogens (primary N) is 1. The van der Waals surface area contributed by atoms with Gasteiger partial charge in [0.2, 0.25) is 0 Å². The first-order valence-electron chi connectivity index (χ1n) is 11.5. The Bertz CT molecular complexity index is 1400. The lowest BCUT2D eigenvalue weighted by Crippen LogP contribution is -2.30. The van der Waals surface area contributed by atoms with E-state index < -0.39 is 26.4 Å². The van der Waals surface area contributed by atoms with Gasteiger partial charge in [0.25, 0.3) is 0 Å². The lowest BCUT2D eigenvalue weighted by Gasteiger charge is -2.18. The molecule has 0 radical (unpaired) electrons. The summed E-state index contributed by atoms with van der Waals surface area (Å²) in [5, 5.41) is 25.5. The fourth-order valence-electron chi connectivity index (χ4n) is 3.87. The zero-order valence-electron chi connectivity index (χ0n) is 19.7. The molecule has 0 atom stereocenters. The van der Waals surface area contributed by atoms with Gasteiger partial charge in [-0.25, -0.2) is 27.6 Å². The number of hydrogen-bond donors (Lipinski definition) is 6. The predicted octanol–water partition coefficient (Wildman–Crippen LogP) is 1.85. The second kappa shape index (κ2) is 10.7. The first-order chi connectivity index (χ1) is 17.7. The average molecular weight is 531 g/mol. The molecule has 37 heavy (non-hydrogen) atoms. The summed E-state index contributed by atoms with van der Waals surface area (Å²) in [6, 6.07) is 11.1. The van der Waals surface area contributed by atoms with E-state index in [1.807, 2.05) is 0 Å². The third-order valence-corrected chi connectivity index (χ3v) is 8.43. The van der Waals surface area contributed by atoms with E-state index in [1.165, 1.54) is 18.2 Å². The monoisotopic (exact) mass is 530 g/mol. The highest BCUT2D eigenvalue weighted by atomic mass is 32.2. The van der Waals surface area contributed by atoms with Gasteiger partial charge in [0, 0.05) is 30.4 Å². The van der Waals surface area contributed by atoms with E-state index >= 15 is 0 Å². The van der Waals surface area contributed by atoms with Gasteiger partial charge in [0.1, 0.15) is 16.4 Å². The minimum absolute atomic E-state index is 0.0850. The molecule has 1 aliphatic rings. The number of benzene rings is 2. The summed E-state index contributed by atoms with van der Waals surface area (Å²) in [5.74, 6) is -0.448. The normalized spacial score (nSPS) is 14.1. The first kappa shape index (κ1) is 26.3. The zero-order valence-corrected chi connectivity index (χ0v) is 20.6. The summed E-state index contributed by atoms with van der Waals surface area (Å²) < 4.78 is 40.4. The van der Waals surface area contributed by atoms with Crippen molar-refractivity contribution < 1.29 is 27.8 Å². The van der Waals surface area contributed by atoms with Crippen LogP contribution in [0, 0.1) is 5.82 Å². The van der Waals surface area contributed by atoms with E-state index in [4.69, 9.17) is 15.9 Å². The maximum atomic E-state index is 14.5. The van der Waals surface area contributed by atoms with Gasteiger partial charge in [-0.1, -0.05) is 0 Å². The van der Waals surface area contributed by atoms with Crippen molar-refractivity contribution in [3.8, 4) is 11.4 Å². The van der Waals surface area contributed by atoms with Crippen LogP contribution in [0.25, 0.3) is 11.4 Å². The largest absolute Gasteiger partial charge is 0.395 e. The van der Waals surface area contributed by atoms with Crippen LogP contribution in [0.15, 0.2) is 53.4 Å². The lowest BCUT2D eigenvalue weighted by molar-refractivity contribution is 0.245. The number of aliphatic hydroxyl groups is 2. The molecule has 13 heteroatoms. The Hall–Kier alpha value is -3.81. The van der Waals surface area contributed by atoms with Crippen molar-refractivity contribution in [2.45, 2.75) is 22.5 Å². The molecule has 1 aromatic heterocycles. The number of aromatic nitrogens is 2. The smallest absolute Gasteiger partial charge is 0.319 e. The second-order valence-electron chi connectivity index (χ2n) is 8.47. The number of carbonyl (C=O) groups excluding carboxylic acids is 1. The van der Waals surface area contributed by atoms with Crippen LogP contribution in [0.5, 0.6) is 0 Å². The molecule has 0 unspecified atom stereocenters. The molecule has 196 valence electrons. The molecule has 2 amide bonds. The summed E-state index contributed by atoms with van der Waals surface area (Å²) >= 11 is 0. The molecular weight excluding hydrogens is 503 g/mol. The summed E-state index contributed by atoms with van der Waals surface area (Å²) in [5.41, 5.74) is 7.37. The molecular formula is C24H27FN6O5S. The second-order valence-corrected chi connectivity index (χ2v) is 10.7. The highest BCUT2D eigenvalue weighted by molar-refractivity contribution is 7.92. The van der Waals surface area contributed by atoms with E-state index in [0.717, 1.165) is 6.07 Å². The maximum Gasteiger partial charge on any atom is 0.319 e. The standard InChI is InChI=1S/C24H27FN6O5S/c25-18-13-17(5-6-19(18)27-9-11-32)37(35,36)24(7-8-24)20-14-21(26)31-22(30-20)15-1-3-16(4-2-15)29-23(34)28-10-12-33/h1-6,13-14,27,32-33H,7-12H2,(H2,26,30,31)(H2,28,29,34). The Morgan fingerprint density at radius 2 is 1.73 bits per heavy atom. The minimum Gasteiger partial charge on any atom is -0.395 e. The summed E-state index contributed by atoms with van der Waals surface area (Å²) in [6.07, 6.45) is 0.590. The fraction of sp³-hybridized carbons (Fsp3) is 0.292. The fourth-order valence-corrected chi connectivity index (χ4v) is 5.85. The van der Waals surface area contributed by atoms with Crippen LogP contribution >= 0.6 is 0 Å². The zero-order chi connectivity index (χ0) is 26.6. The molecule has 0 spiro atoms. The first-order valence-corrected chi connectivity index (χ1v) is 13.0. The Kier molecular flexibility index (Phi) is 7.57. The van der Waals surface area contributed by atoms with Gasteiger partial charge in [-0.15, -0.1) is 0 Å². The summed E-state index contributed by atoms with van der Waals surface area (Å²) in [7, 11) is -4.02. The SMILES string of the molecule is Nc1cc(C2(S(=O)(=O)c3ccc(NCCO)c(F)c3)CC2)nc(-c2ccc(NC(=O)NCCO)cc2)n1. The summed E-state index contributed by atoms with van der Waals surface area (Å²) in [6.45, 7) is -0.129. The number of halogens is 1. The number of sulfone groups is 1. The maximum absolute atomic E-state index is 14.5. The van der Waals surface area contributed by atoms with Gasteiger partial charge in [0.05, 0.1) is 29.5 Å². The Morgan fingerprint density at radius 3 is 2.35 bits per heavy atom. The van der Waals surface area contributed by atoms with Crippen molar-refractivity contribution in [2.24, 2.45) is 0 Å². The molecule has 11 nitrogen and oxygen atoms in total. The van der Waals surface area contributed by atoms with Crippen molar-refractivity contribution in [1.29, 1.82) is 0 Å².